The molecule has 0 N–H and O–H groups in total. The minimum absolute atomic E-state index is 0.0864. The van der Waals surface area contributed by atoms with Gasteiger partial charge in [-0.05, 0) is 96.3 Å². The topological polar surface area (TPSA) is 78.9 Å². The zero-order valence-electron chi connectivity index (χ0n) is 52.4. The zero-order valence-corrected chi connectivity index (χ0v) is 52.4. The fourth-order valence-electron chi connectivity index (χ4n) is 9.80. The van der Waals surface area contributed by atoms with E-state index >= 15 is 0 Å². The summed E-state index contributed by atoms with van der Waals surface area (Å²) in [5.74, 6) is -0.902. The van der Waals surface area contributed by atoms with E-state index in [9.17, 15) is 14.4 Å². The van der Waals surface area contributed by atoms with Gasteiger partial charge in [-0.1, -0.05) is 311 Å². The Balaban J connectivity index is 4.38. The van der Waals surface area contributed by atoms with E-state index < -0.39 is 6.10 Å². The SMILES string of the molecule is CC/C=C\C/C=C\C/C=C\C/C=C\C/C=C\C/C=C\CCCCCCC(=O)OCC(COC(=O)CCCCCCC/C=C\CCCCCCCC)OC(=O)CCCCCCCCCCCCCCCCCCCCCCCCC. The third-order valence-corrected chi connectivity index (χ3v) is 14.9. The summed E-state index contributed by atoms with van der Waals surface area (Å²) >= 11 is 0. The molecular formula is C73H128O6. The molecule has 1 atom stereocenters. The van der Waals surface area contributed by atoms with Gasteiger partial charge in [0.2, 0.25) is 0 Å². The van der Waals surface area contributed by atoms with Gasteiger partial charge < -0.3 is 14.2 Å². The van der Waals surface area contributed by atoms with Crippen LogP contribution in [0.2, 0.25) is 0 Å². The minimum Gasteiger partial charge on any atom is -0.462 e. The lowest BCUT2D eigenvalue weighted by molar-refractivity contribution is -0.167. The number of ether oxygens (including phenoxy) is 3. The monoisotopic (exact) mass is 1100 g/mol. The summed E-state index contributed by atoms with van der Waals surface area (Å²) in [6.45, 7) is 6.54. The van der Waals surface area contributed by atoms with Crippen LogP contribution in [-0.4, -0.2) is 37.2 Å². The van der Waals surface area contributed by atoms with E-state index in [-0.39, 0.29) is 31.1 Å². The molecule has 0 aromatic carbocycles. The summed E-state index contributed by atoms with van der Waals surface area (Å²) in [6.07, 6.45) is 88.8. The van der Waals surface area contributed by atoms with Crippen molar-refractivity contribution in [2.75, 3.05) is 13.2 Å². The molecule has 0 aliphatic carbocycles. The fraction of sp³-hybridized carbons (Fsp3) is 0.767. The molecule has 79 heavy (non-hydrogen) atoms. The van der Waals surface area contributed by atoms with Crippen molar-refractivity contribution in [2.24, 2.45) is 0 Å². The summed E-state index contributed by atoms with van der Waals surface area (Å²) in [5.41, 5.74) is 0. The van der Waals surface area contributed by atoms with Crippen LogP contribution in [0, 0.1) is 0 Å². The molecule has 0 heterocycles. The average Bonchev–Trinajstić information content (AvgIpc) is 3.45. The fourth-order valence-corrected chi connectivity index (χ4v) is 9.80. The highest BCUT2D eigenvalue weighted by molar-refractivity contribution is 5.71. The lowest BCUT2D eigenvalue weighted by atomic mass is 10.0. The summed E-state index contributed by atoms with van der Waals surface area (Å²) in [7, 11) is 0. The van der Waals surface area contributed by atoms with Gasteiger partial charge in [0.15, 0.2) is 6.10 Å². The first-order valence-corrected chi connectivity index (χ1v) is 34.1. The maximum absolute atomic E-state index is 13.0. The molecule has 0 rings (SSSR count). The third-order valence-electron chi connectivity index (χ3n) is 14.9. The van der Waals surface area contributed by atoms with Crippen LogP contribution < -0.4 is 0 Å². The van der Waals surface area contributed by atoms with E-state index in [2.05, 4.69) is 106 Å². The predicted octanol–water partition coefficient (Wildman–Crippen LogP) is 23.4. The molecule has 0 aromatic heterocycles. The molecule has 6 heteroatoms. The van der Waals surface area contributed by atoms with Crippen molar-refractivity contribution in [2.45, 2.75) is 348 Å². The van der Waals surface area contributed by atoms with Crippen molar-refractivity contribution in [3.05, 3.63) is 85.1 Å². The molecule has 6 nitrogen and oxygen atoms in total. The second-order valence-corrected chi connectivity index (χ2v) is 22.7. The van der Waals surface area contributed by atoms with Crippen molar-refractivity contribution in [3.8, 4) is 0 Å². The highest BCUT2D eigenvalue weighted by Gasteiger charge is 2.19. The first kappa shape index (κ1) is 75.6. The Hall–Kier alpha value is -3.41. The number of hydrogen-bond donors (Lipinski definition) is 0. The number of unbranched alkanes of at least 4 members (excludes halogenated alkanes) is 37. The number of hydrogen-bond acceptors (Lipinski definition) is 6. The van der Waals surface area contributed by atoms with Crippen LogP contribution in [0.3, 0.4) is 0 Å². The maximum Gasteiger partial charge on any atom is 0.306 e. The largest absolute Gasteiger partial charge is 0.462 e. The van der Waals surface area contributed by atoms with Gasteiger partial charge in [0, 0.05) is 19.3 Å². The van der Waals surface area contributed by atoms with Gasteiger partial charge in [0.25, 0.3) is 0 Å². The van der Waals surface area contributed by atoms with Crippen molar-refractivity contribution in [1.82, 2.24) is 0 Å². The van der Waals surface area contributed by atoms with Crippen LogP contribution in [0.5, 0.6) is 0 Å². The standard InChI is InChI=1S/C73H128O6/c1-4-7-10-13-16-19-22-25-28-30-32-34-36-38-40-42-45-48-51-54-57-60-63-66-72(75)78-69-70(68-77-71(74)65-62-59-56-53-50-47-44-27-24-21-18-15-12-9-6-3)79-73(76)67-64-61-58-55-52-49-46-43-41-39-37-35-33-31-29-26-23-20-17-14-11-8-5-2/h7,10,16,19,25,27-28,32,34,38,40,44-45,48,70H,4-6,8-9,11-15,17-18,20-24,26,29-31,33,35-37,39,41-43,46-47,49-69H2,1-3H3/b10-7-,19-16-,28-25-,34-32-,40-38-,44-27-,48-45-. The Morgan fingerprint density at radius 1 is 0.266 bits per heavy atom. The average molecular weight is 1100 g/mol. The number of allylic oxidation sites excluding steroid dienone is 14. The summed E-state index contributed by atoms with van der Waals surface area (Å²) in [4.78, 5) is 38.4. The molecule has 0 saturated carbocycles. The van der Waals surface area contributed by atoms with Gasteiger partial charge in [0.1, 0.15) is 13.2 Å². The first-order chi connectivity index (χ1) is 39.0. The molecule has 1 unspecified atom stereocenters. The van der Waals surface area contributed by atoms with Gasteiger partial charge in [-0.25, -0.2) is 0 Å². The van der Waals surface area contributed by atoms with Crippen LogP contribution in [0.25, 0.3) is 0 Å². The summed E-state index contributed by atoms with van der Waals surface area (Å²) in [6, 6.07) is 0. The molecule has 0 aliphatic heterocycles. The van der Waals surface area contributed by atoms with Crippen molar-refractivity contribution < 1.29 is 28.6 Å². The third kappa shape index (κ3) is 65.3. The molecule has 0 aromatic rings. The second-order valence-electron chi connectivity index (χ2n) is 22.7. The highest BCUT2D eigenvalue weighted by Crippen LogP contribution is 2.17. The Labute approximate surface area is 490 Å². The van der Waals surface area contributed by atoms with Crippen molar-refractivity contribution in [3.63, 3.8) is 0 Å². The van der Waals surface area contributed by atoms with E-state index in [1.807, 2.05) is 0 Å². The van der Waals surface area contributed by atoms with E-state index in [0.717, 1.165) is 116 Å². The van der Waals surface area contributed by atoms with Crippen LogP contribution in [0.1, 0.15) is 342 Å². The van der Waals surface area contributed by atoms with E-state index in [1.54, 1.807) is 0 Å². The molecule has 0 spiro atoms. The molecule has 0 radical (unpaired) electrons. The van der Waals surface area contributed by atoms with Gasteiger partial charge >= 0.3 is 17.9 Å². The second kappa shape index (κ2) is 67.1. The minimum atomic E-state index is -0.791. The van der Waals surface area contributed by atoms with Crippen LogP contribution >= 0.6 is 0 Å². The quantitative estimate of drug-likeness (QED) is 0.0261. The number of carbonyl (C=O) groups excluding carboxylic acids is 3. The van der Waals surface area contributed by atoms with Crippen molar-refractivity contribution in [1.29, 1.82) is 0 Å². The van der Waals surface area contributed by atoms with Gasteiger partial charge in [-0.3, -0.25) is 14.4 Å². The zero-order chi connectivity index (χ0) is 57.1. The molecule has 0 saturated heterocycles. The van der Waals surface area contributed by atoms with E-state index in [4.69, 9.17) is 14.2 Å². The van der Waals surface area contributed by atoms with E-state index in [1.165, 1.54) is 186 Å². The number of esters is 3. The molecule has 456 valence electrons. The first-order valence-electron chi connectivity index (χ1n) is 34.1. The smallest absolute Gasteiger partial charge is 0.306 e. The van der Waals surface area contributed by atoms with Gasteiger partial charge in [-0.2, -0.15) is 0 Å². The van der Waals surface area contributed by atoms with Crippen LogP contribution in [0.4, 0.5) is 0 Å². The number of rotatable bonds is 62. The molecule has 0 aliphatic rings. The Kier molecular flexibility index (Phi) is 64.2. The molecule has 0 amide bonds. The Morgan fingerprint density at radius 3 is 0.785 bits per heavy atom. The van der Waals surface area contributed by atoms with Crippen molar-refractivity contribution >= 4 is 17.9 Å². The highest BCUT2D eigenvalue weighted by atomic mass is 16.6. The van der Waals surface area contributed by atoms with Crippen LogP contribution in [-0.2, 0) is 28.6 Å². The Morgan fingerprint density at radius 2 is 0.494 bits per heavy atom. The van der Waals surface area contributed by atoms with Crippen LogP contribution in [0.15, 0.2) is 85.1 Å². The Bertz CT molecular complexity index is 1500. The number of carbonyl (C=O) groups is 3. The lowest BCUT2D eigenvalue weighted by Gasteiger charge is -2.18. The normalized spacial score (nSPS) is 12.6. The molecule has 0 fully saturated rings. The van der Waals surface area contributed by atoms with Gasteiger partial charge in [-0.15, -0.1) is 0 Å². The van der Waals surface area contributed by atoms with Gasteiger partial charge in [0.05, 0.1) is 0 Å². The molecule has 0 bridgehead atoms. The molecular weight excluding hydrogens is 973 g/mol. The summed E-state index contributed by atoms with van der Waals surface area (Å²) < 4.78 is 17.0. The summed E-state index contributed by atoms with van der Waals surface area (Å²) in [5, 5.41) is 0. The maximum atomic E-state index is 13.0. The van der Waals surface area contributed by atoms with E-state index in [0.29, 0.717) is 19.3 Å². The lowest BCUT2D eigenvalue weighted by Crippen LogP contribution is -2.30. The predicted molar refractivity (Wildman–Crippen MR) is 344 cm³/mol.